The Morgan fingerprint density at radius 3 is 2.40 bits per heavy atom. The largest absolute Gasteiger partial charge is 0.347 e. The van der Waals surface area contributed by atoms with Crippen LogP contribution < -0.4 is 16.0 Å². The van der Waals surface area contributed by atoms with Crippen LogP contribution in [0.3, 0.4) is 0 Å². The molecule has 4 atom stereocenters. The molecule has 2 aromatic carbocycles. The summed E-state index contributed by atoms with van der Waals surface area (Å²) in [4.78, 5) is 43.0. The number of benzene rings is 2. The van der Waals surface area contributed by atoms with Crippen LogP contribution in [0.2, 0.25) is 0 Å². The van der Waals surface area contributed by atoms with E-state index in [4.69, 9.17) is 0 Å². The third-order valence-electron chi connectivity index (χ3n) is 8.52. The van der Waals surface area contributed by atoms with Crippen LogP contribution in [0, 0.1) is 5.41 Å². The van der Waals surface area contributed by atoms with Crippen molar-refractivity contribution < 1.29 is 17.2 Å². The van der Waals surface area contributed by atoms with Crippen LogP contribution in [-0.4, -0.2) is 47.8 Å². The van der Waals surface area contributed by atoms with Crippen LogP contribution in [0.5, 0.6) is 0 Å². The lowest BCUT2D eigenvalue weighted by Crippen LogP contribution is -2.62. The maximum Gasteiger partial charge on any atom is 0.246 e. The summed E-state index contributed by atoms with van der Waals surface area (Å²) in [5, 5.41) is 9.24. The quantitative estimate of drug-likeness (QED) is 0.458. The molecule has 0 bridgehead atoms. The highest BCUT2D eigenvalue weighted by atomic mass is 16.2. The van der Waals surface area contributed by atoms with Gasteiger partial charge in [-0.05, 0) is 72.4 Å². The molecule has 0 saturated heterocycles. The van der Waals surface area contributed by atoms with Crippen molar-refractivity contribution in [3.63, 3.8) is 0 Å². The Morgan fingerprint density at radius 2 is 1.73 bits per heavy atom. The first kappa shape index (κ1) is 29.8. The van der Waals surface area contributed by atoms with E-state index in [9.17, 15) is 14.4 Å². The Kier molecular flexibility index (Phi) is 9.03. The maximum absolute atomic E-state index is 14.3. The number of rotatable bonds is 7. The van der Waals surface area contributed by atoms with Crippen LogP contribution in [0.25, 0.3) is 0 Å². The molecule has 1 heterocycles. The molecule has 3 N–H and O–H groups in total. The maximum atomic E-state index is 14.3. The predicted octanol–water partition coefficient (Wildman–Crippen LogP) is 4.89. The zero-order valence-corrected chi connectivity index (χ0v) is 25.1. The molecule has 0 radical (unpaired) electrons. The number of hydrogen-bond acceptors (Lipinski definition) is 4. The standard InChI is InChI=1S/C33H46N4O3.2H2/c1-20(2)23-15-16-24-18-28(31(39)35-27-14-10-12-22-11-8-9-13-26(22)27)37(19-25(24)17-23)32(40)29(33(4,5)6)36-30(38)21(3)34-7;;/h8-9,11,13,15-17,20-21,27-29,34H,10,12,14,18-19H2,1-7H3,(H,35,39)(H,36,38);2*1H/t21-,27+,28-,29+;;/m0../s1. The van der Waals surface area contributed by atoms with Crippen molar-refractivity contribution in [3.8, 4) is 0 Å². The third-order valence-corrected chi connectivity index (χ3v) is 8.52. The van der Waals surface area contributed by atoms with E-state index in [0.29, 0.717) is 18.9 Å². The average Bonchev–Trinajstić information content (AvgIpc) is 2.93. The predicted molar refractivity (Wildman–Crippen MR) is 163 cm³/mol. The summed E-state index contributed by atoms with van der Waals surface area (Å²) in [6.07, 6.45) is 3.34. The summed E-state index contributed by atoms with van der Waals surface area (Å²) < 4.78 is 0. The number of amides is 3. The van der Waals surface area contributed by atoms with Crippen LogP contribution in [0.1, 0.15) is 97.0 Å². The molecule has 0 unspecified atom stereocenters. The van der Waals surface area contributed by atoms with Crippen molar-refractivity contribution >= 4 is 17.7 Å². The second kappa shape index (κ2) is 12.1. The van der Waals surface area contributed by atoms with E-state index in [1.165, 1.54) is 16.7 Å². The molecule has 1 aliphatic heterocycles. The van der Waals surface area contributed by atoms with Crippen LogP contribution >= 0.6 is 0 Å². The van der Waals surface area contributed by atoms with Gasteiger partial charge in [0.2, 0.25) is 17.7 Å². The van der Waals surface area contributed by atoms with Crippen molar-refractivity contribution in [1.29, 1.82) is 0 Å². The number of fused-ring (bicyclic) bond motifs is 2. The number of hydrogen-bond donors (Lipinski definition) is 3. The lowest BCUT2D eigenvalue weighted by molar-refractivity contribution is -0.147. The van der Waals surface area contributed by atoms with Gasteiger partial charge in [0.1, 0.15) is 12.1 Å². The van der Waals surface area contributed by atoms with Crippen molar-refractivity contribution in [3.05, 3.63) is 70.3 Å². The van der Waals surface area contributed by atoms with E-state index in [-0.39, 0.29) is 26.6 Å². The molecule has 1 aliphatic carbocycles. The summed E-state index contributed by atoms with van der Waals surface area (Å²) in [6, 6.07) is 12.7. The molecule has 2 aromatic rings. The number of aryl methyl sites for hydroxylation is 1. The Hall–Kier alpha value is -3.19. The molecular weight excluding hydrogens is 500 g/mol. The van der Waals surface area contributed by atoms with Gasteiger partial charge >= 0.3 is 0 Å². The molecule has 0 fully saturated rings. The van der Waals surface area contributed by atoms with Gasteiger partial charge in [-0.1, -0.05) is 77.1 Å². The first-order chi connectivity index (χ1) is 18.9. The Balaban J connectivity index is 0.00000308. The summed E-state index contributed by atoms with van der Waals surface area (Å²) in [5.41, 5.74) is 5.25. The summed E-state index contributed by atoms with van der Waals surface area (Å²) in [5.74, 6) is -0.258. The topological polar surface area (TPSA) is 90.5 Å². The van der Waals surface area contributed by atoms with Gasteiger partial charge < -0.3 is 20.9 Å². The molecule has 0 saturated carbocycles. The van der Waals surface area contributed by atoms with Gasteiger partial charge in [0.05, 0.1) is 12.1 Å². The smallest absolute Gasteiger partial charge is 0.246 e. The fourth-order valence-corrected chi connectivity index (χ4v) is 5.81. The fourth-order valence-electron chi connectivity index (χ4n) is 5.81. The second-order valence-electron chi connectivity index (χ2n) is 12.8. The lowest BCUT2D eigenvalue weighted by atomic mass is 9.83. The Labute approximate surface area is 242 Å². The van der Waals surface area contributed by atoms with Crippen LogP contribution in [0.15, 0.2) is 42.5 Å². The molecule has 2 aliphatic rings. The normalized spacial score (nSPS) is 20.2. The summed E-state index contributed by atoms with van der Waals surface area (Å²) in [7, 11) is 1.72. The minimum Gasteiger partial charge on any atom is -0.347 e. The van der Waals surface area contributed by atoms with Crippen molar-refractivity contribution in [2.45, 2.75) is 104 Å². The number of nitrogens with zero attached hydrogens (tertiary/aromatic N) is 1. The molecule has 0 aromatic heterocycles. The zero-order valence-electron chi connectivity index (χ0n) is 25.1. The van der Waals surface area contributed by atoms with Gasteiger partial charge in [-0.25, -0.2) is 0 Å². The SMILES string of the molecule is CN[C@@H](C)C(=O)N[C@H](C(=O)N1Cc2cc(C(C)C)ccc2C[C@H]1C(=O)N[C@@H]1CCCc2ccccc21)C(C)(C)C.[HH].[HH]. The van der Waals surface area contributed by atoms with Gasteiger partial charge in [-0.15, -0.1) is 0 Å². The molecule has 40 heavy (non-hydrogen) atoms. The Morgan fingerprint density at radius 1 is 1.00 bits per heavy atom. The zero-order chi connectivity index (χ0) is 29.2. The van der Waals surface area contributed by atoms with Crippen molar-refractivity contribution in [1.82, 2.24) is 20.9 Å². The number of carbonyl (C=O) groups is 3. The highest BCUT2D eigenvalue weighted by Gasteiger charge is 2.43. The van der Waals surface area contributed by atoms with E-state index in [1.54, 1.807) is 18.9 Å². The fraction of sp³-hybridized carbons (Fsp3) is 0.545. The molecule has 3 amide bonds. The van der Waals surface area contributed by atoms with E-state index in [0.717, 1.165) is 30.4 Å². The molecule has 7 heteroatoms. The van der Waals surface area contributed by atoms with E-state index < -0.39 is 23.5 Å². The van der Waals surface area contributed by atoms with Gasteiger partial charge in [-0.2, -0.15) is 0 Å². The first-order valence-corrected chi connectivity index (χ1v) is 14.7. The Bertz CT molecular complexity index is 1260. The van der Waals surface area contributed by atoms with Crippen LogP contribution in [0.4, 0.5) is 0 Å². The van der Waals surface area contributed by atoms with Gasteiger partial charge in [0, 0.05) is 15.8 Å². The molecule has 0 spiro atoms. The van der Waals surface area contributed by atoms with Crippen molar-refractivity contribution in [2.75, 3.05) is 7.05 Å². The highest BCUT2D eigenvalue weighted by Crippen LogP contribution is 2.33. The molecule has 7 nitrogen and oxygen atoms in total. The second-order valence-corrected chi connectivity index (χ2v) is 12.8. The number of carbonyl (C=O) groups excluding carboxylic acids is 3. The van der Waals surface area contributed by atoms with Gasteiger partial charge in [-0.3, -0.25) is 14.4 Å². The summed E-state index contributed by atoms with van der Waals surface area (Å²) in [6.45, 7) is 12.2. The van der Waals surface area contributed by atoms with Gasteiger partial charge in [0.25, 0.3) is 0 Å². The minimum atomic E-state index is -0.781. The summed E-state index contributed by atoms with van der Waals surface area (Å²) >= 11 is 0. The number of likely N-dealkylation sites (N-methyl/N-ethyl adjacent to an activating group) is 1. The number of nitrogens with one attached hydrogen (secondary N) is 3. The first-order valence-electron chi connectivity index (χ1n) is 14.7. The average molecular weight is 551 g/mol. The lowest BCUT2D eigenvalue weighted by Gasteiger charge is -2.42. The highest BCUT2D eigenvalue weighted by molar-refractivity contribution is 5.94. The van der Waals surface area contributed by atoms with Gasteiger partial charge in [0.15, 0.2) is 0 Å². The third kappa shape index (κ3) is 6.41. The van der Waals surface area contributed by atoms with Crippen LogP contribution in [-0.2, 0) is 33.8 Å². The van der Waals surface area contributed by atoms with E-state index >= 15 is 0 Å². The minimum absolute atomic E-state index is 0. The van der Waals surface area contributed by atoms with E-state index in [2.05, 4.69) is 60.1 Å². The molecular formula is C33H50N4O3. The van der Waals surface area contributed by atoms with E-state index in [1.807, 2.05) is 32.9 Å². The molecule has 4 rings (SSSR count). The monoisotopic (exact) mass is 550 g/mol. The molecule has 220 valence electrons. The van der Waals surface area contributed by atoms with Crippen molar-refractivity contribution in [2.24, 2.45) is 5.41 Å².